The van der Waals surface area contributed by atoms with Crippen LogP contribution in [0.15, 0.2) is 66.2 Å². The Bertz CT molecular complexity index is 1120. The van der Waals surface area contributed by atoms with Crippen molar-refractivity contribution < 1.29 is 33.4 Å². The largest absolute Gasteiger partial charge is 0.476 e. The van der Waals surface area contributed by atoms with Crippen LogP contribution < -0.4 is 4.90 Å². The van der Waals surface area contributed by atoms with Crippen LogP contribution >= 0.6 is 0 Å². The molecule has 2 heterocycles. The Balaban J connectivity index is 2.26. The van der Waals surface area contributed by atoms with E-state index >= 15 is 0 Å². The summed E-state index contributed by atoms with van der Waals surface area (Å²) >= 11 is 0. The quantitative estimate of drug-likeness (QED) is 0.743. The number of halogens is 1. The molecule has 154 valence electrons. The predicted molar refractivity (Wildman–Crippen MR) is 102 cm³/mol. The SMILES string of the molecule is COC(=O)C1=C(C(=O)OC)N(c2cc(F)ccc2-n2ccc(C(=O)O)n2)C=CC=C1. The molecule has 3 rings (SSSR count). The number of hydrogen-bond acceptors (Lipinski definition) is 7. The molecule has 2 aromatic rings. The van der Waals surface area contributed by atoms with Crippen molar-refractivity contribution in [3.8, 4) is 5.69 Å². The van der Waals surface area contributed by atoms with Gasteiger partial charge in [-0.15, -0.1) is 0 Å². The lowest BCUT2D eigenvalue weighted by molar-refractivity contribution is -0.139. The third kappa shape index (κ3) is 3.83. The van der Waals surface area contributed by atoms with Gasteiger partial charge in [-0.3, -0.25) is 0 Å². The number of ether oxygens (including phenoxy) is 2. The van der Waals surface area contributed by atoms with Crippen molar-refractivity contribution in [3.05, 3.63) is 77.7 Å². The van der Waals surface area contributed by atoms with Crippen LogP contribution in [0, 0.1) is 5.82 Å². The summed E-state index contributed by atoms with van der Waals surface area (Å²) in [6.45, 7) is 0. The molecular formula is C20H16FN3O6. The molecule has 10 heteroatoms. The monoisotopic (exact) mass is 413 g/mol. The number of aromatic nitrogens is 2. The van der Waals surface area contributed by atoms with Gasteiger partial charge < -0.3 is 19.5 Å². The van der Waals surface area contributed by atoms with Gasteiger partial charge in [0.25, 0.3) is 0 Å². The Labute approximate surface area is 169 Å². The number of esters is 2. The molecule has 30 heavy (non-hydrogen) atoms. The van der Waals surface area contributed by atoms with Gasteiger partial charge in [0.15, 0.2) is 5.69 Å². The molecular weight excluding hydrogens is 397 g/mol. The summed E-state index contributed by atoms with van der Waals surface area (Å²) in [5, 5.41) is 13.1. The van der Waals surface area contributed by atoms with E-state index in [0.717, 1.165) is 26.4 Å². The van der Waals surface area contributed by atoms with Gasteiger partial charge in [-0.25, -0.2) is 23.5 Å². The number of carboxylic acids is 1. The van der Waals surface area contributed by atoms with Crippen LogP contribution in [0.5, 0.6) is 0 Å². The first kappa shape index (κ1) is 20.5. The molecule has 1 aromatic carbocycles. The Hall–Kier alpha value is -4.21. The van der Waals surface area contributed by atoms with Gasteiger partial charge in [0.05, 0.1) is 31.2 Å². The van der Waals surface area contributed by atoms with Crippen molar-refractivity contribution in [3.63, 3.8) is 0 Å². The number of carbonyl (C=O) groups is 3. The number of allylic oxidation sites excluding steroid dienone is 2. The van der Waals surface area contributed by atoms with Crippen molar-refractivity contribution in [1.82, 2.24) is 9.78 Å². The van der Waals surface area contributed by atoms with Crippen LogP contribution in [0.25, 0.3) is 5.69 Å². The molecule has 0 amide bonds. The highest BCUT2D eigenvalue weighted by Crippen LogP contribution is 2.32. The molecule has 0 radical (unpaired) electrons. The Morgan fingerprint density at radius 2 is 1.77 bits per heavy atom. The molecule has 0 bridgehead atoms. The summed E-state index contributed by atoms with van der Waals surface area (Å²) in [5.41, 5.74) is -0.196. The van der Waals surface area contributed by atoms with Crippen LogP contribution in [0.1, 0.15) is 10.5 Å². The number of methoxy groups -OCH3 is 2. The Morgan fingerprint density at radius 1 is 1.03 bits per heavy atom. The van der Waals surface area contributed by atoms with E-state index in [1.807, 2.05) is 0 Å². The van der Waals surface area contributed by atoms with Crippen LogP contribution in [0.2, 0.25) is 0 Å². The summed E-state index contributed by atoms with van der Waals surface area (Å²) in [5.74, 6) is -3.53. The zero-order valence-corrected chi connectivity index (χ0v) is 15.9. The second-order valence-electron chi connectivity index (χ2n) is 5.90. The molecule has 0 aliphatic carbocycles. The van der Waals surface area contributed by atoms with Gasteiger partial charge in [0.1, 0.15) is 11.5 Å². The number of carboxylic acid groups (broad SMARTS) is 1. The number of nitrogens with zero attached hydrogens (tertiary/aromatic N) is 3. The van der Waals surface area contributed by atoms with Gasteiger partial charge in [-0.1, -0.05) is 6.08 Å². The van der Waals surface area contributed by atoms with E-state index in [0.29, 0.717) is 0 Å². The molecule has 1 N–H and O–H groups in total. The highest BCUT2D eigenvalue weighted by molar-refractivity contribution is 6.05. The van der Waals surface area contributed by atoms with Gasteiger partial charge in [0, 0.05) is 18.5 Å². The fourth-order valence-electron chi connectivity index (χ4n) is 2.81. The number of hydrogen-bond donors (Lipinski definition) is 1. The fourth-order valence-corrected chi connectivity index (χ4v) is 2.81. The molecule has 0 saturated carbocycles. The van der Waals surface area contributed by atoms with Crippen molar-refractivity contribution in [2.24, 2.45) is 0 Å². The molecule has 0 atom stereocenters. The number of anilines is 1. The lowest BCUT2D eigenvalue weighted by Gasteiger charge is -2.25. The Morgan fingerprint density at radius 3 is 2.40 bits per heavy atom. The van der Waals surface area contributed by atoms with E-state index in [1.165, 1.54) is 52.3 Å². The maximum Gasteiger partial charge on any atom is 0.356 e. The molecule has 0 spiro atoms. The first-order chi connectivity index (χ1) is 14.4. The summed E-state index contributed by atoms with van der Waals surface area (Å²) in [6, 6.07) is 4.91. The zero-order chi connectivity index (χ0) is 21.8. The predicted octanol–water partition coefficient (Wildman–Crippen LogP) is 2.20. The number of aromatic carboxylic acids is 1. The topological polar surface area (TPSA) is 111 Å². The fraction of sp³-hybridized carbons (Fsp3) is 0.100. The van der Waals surface area contributed by atoms with Gasteiger partial charge in [0.2, 0.25) is 0 Å². The average molecular weight is 413 g/mol. The van der Waals surface area contributed by atoms with E-state index in [4.69, 9.17) is 14.6 Å². The molecule has 0 saturated heterocycles. The zero-order valence-electron chi connectivity index (χ0n) is 15.9. The van der Waals surface area contributed by atoms with Gasteiger partial charge in [-0.2, -0.15) is 5.10 Å². The second kappa shape index (κ2) is 8.43. The second-order valence-corrected chi connectivity index (χ2v) is 5.90. The van der Waals surface area contributed by atoms with Crippen LogP contribution in [-0.2, 0) is 19.1 Å². The summed E-state index contributed by atoms with van der Waals surface area (Å²) in [4.78, 5) is 37.3. The molecule has 1 aliphatic rings. The summed E-state index contributed by atoms with van der Waals surface area (Å²) < 4.78 is 25.0. The van der Waals surface area contributed by atoms with Crippen LogP contribution in [0.3, 0.4) is 0 Å². The van der Waals surface area contributed by atoms with Gasteiger partial charge >= 0.3 is 17.9 Å². The highest BCUT2D eigenvalue weighted by atomic mass is 19.1. The first-order valence-electron chi connectivity index (χ1n) is 8.51. The highest BCUT2D eigenvalue weighted by Gasteiger charge is 2.29. The van der Waals surface area contributed by atoms with Crippen molar-refractivity contribution >= 4 is 23.6 Å². The van der Waals surface area contributed by atoms with E-state index < -0.39 is 23.7 Å². The van der Waals surface area contributed by atoms with Crippen LogP contribution in [0.4, 0.5) is 10.1 Å². The molecule has 0 fully saturated rings. The van der Waals surface area contributed by atoms with E-state index in [2.05, 4.69) is 5.10 Å². The molecule has 9 nitrogen and oxygen atoms in total. The third-order valence-electron chi connectivity index (χ3n) is 4.14. The maximum atomic E-state index is 14.2. The summed E-state index contributed by atoms with van der Waals surface area (Å²) in [7, 11) is 2.30. The number of rotatable bonds is 5. The lowest BCUT2D eigenvalue weighted by Crippen LogP contribution is -2.28. The standard InChI is InChI=1S/C20H16FN3O6/c1-29-19(27)13-5-3-4-9-23(17(13)20(28)30-2)16-11-12(21)6-7-15(16)24-10-8-14(22-24)18(25)26/h3-11H,1-2H3,(H,25,26). The molecule has 0 unspecified atom stereocenters. The number of benzene rings is 1. The smallest absolute Gasteiger partial charge is 0.356 e. The summed E-state index contributed by atoms with van der Waals surface area (Å²) in [6.07, 6.45) is 7.20. The third-order valence-corrected chi connectivity index (χ3v) is 4.14. The minimum absolute atomic E-state index is 0.108. The minimum Gasteiger partial charge on any atom is -0.476 e. The lowest BCUT2D eigenvalue weighted by atomic mass is 10.1. The van der Waals surface area contributed by atoms with E-state index in [9.17, 15) is 18.8 Å². The van der Waals surface area contributed by atoms with Crippen molar-refractivity contribution in [2.75, 3.05) is 19.1 Å². The molecule has 1 aliphatic heterocycles. The first-order valence-corrected chi connectivity index (χ1v) is 8.51. The Kier molecular flexibility index (Phi) is 5.77. The van der Waals surface area contributed by atoms with Crippen molar-refractivity contribution in [2.45, 2.75) is 0 Å². The van der Waals surface area contributed by atoms with Crippen LogP contribution in [-0.4, -0.2) is 47.0 Å². The van der Waals surface area contributed by atoms with Gasteiger partial charge in [-0.05, 0) is 30.4 Å². The van der Waals surface area contributed by atoms with E-state index in [1.54, 1.807) is 0 Å². The number of carbonyl (C=O) groups excluding carboxylic acids is 2. The molecule has 1 aromatic heterocycles. The minimum atomic E-state index is -1.24. The maximum absolute atomic E-state index is 14.2. The average Bonchev–Trinajstić information content (AvgIpc) is 3.13. The van der Waals surface area contributed by atoms with E-state index in [-0.39, 0.29) is 28.3 Å². The normalized spacial score (nSPS) is 13.2. The van der Waals surface area contributed by atoms with Crippen molar-refractivity contribution in [1.29, 1.82) is 0 Å².